The van der Waals surface area contributed by atoms with Gasteiger partial charge in [-0.1, -0.05) is 36.4 Å². The van der Waals surface area contributed by atoms with Crippen LogP contribution in [0.5, 0.6) is 0 Å². The van der Waals surface area contributed by atoms with Crippen LogP contribution in [0.25, 0.3) is 0 Å². The second-order valence-corrected chi connectivity index (χ2v) is 13.3. The first-order chi connectivity index (χ1) is 22.2. The number of carbonyl (C=O) groups is 3. The number of alkyl halides is 3. The monoisotopic (exact) mass is 661 g/mol. The number of amides is 2. The van der Waals surface area contributed by atoms with Gasteiger partial charge in [0.25, 0.3) is 0 Å². The molecule has 2 N–H and O–H groups in total. The van der Waals surface area contributed by atoms with Crippen LogP contribution >= 0.6 is 0 Å². The maximum absolute atomic E-state index is 13.1. The summed E-state index contributed by atoms with van der Waals surface area (Å²) in [7, 11) is 0. The van der Waals surface area contributed by atoms with E-state index in [1.165, 1.54) is 0 Å². The third-order valence-electron chi connectivity index (χ3n) is 8.58. The maximum atomic E-state index is 13.1. The number of hydrogen-bond donors (Lipinski definition) is 2. The van der Waals surface area contributed by atoms with Gasteiger partial charge < -0.3 is 29.5 Å². The number of anilines is 1. The summed E-state index contributed by atoms with van der Waals surface area (Å²) in [5.41, 5.74) is 1.92. The van der Waals surface area contributed by atoms with Crippen molar-refractivity contribution < 1.29 is 46.9 Å². The fourth-order valence-corrected chi connectivity index (χ4v) is 6.41. The molecule has 0 saturated carbocycles. The minimum Gasteiger partial charge on any atom is -0.459 e. The number of nitrogens with zero attached hydrogens (tertiary/aromatic N) is 2. The number of esters is 1. The lowest BCUT2D eigenvalue weighted by atomic mass is 9.99. The van der Waals surface area contributed by atoms with Crippen molar-refractivity contribution in [3.8, 4) is 0 Å². The summed E-state index contributed by atoms with van der Waals surface area (Å²) in [5.74, 6) is -3.00. The lowest BCUT2D eigenvalue weighted by Gasteiger charge is -2.38. The van der Waals surface area contributed by atoms with Gasteiger partial charge in [0.15, 0.2) is 6.29 Å². The highest BCUT2D eigenvalue weighted by Crippen LogP contribution is 2.39. The van der Waals surface area contributed by atoms with Gasteiger partial charge in [-0.15, -0.1) is 0 Å². The molecule has 0 spiro atoms. The molecule has 3 heterocycles. The molecular weight excluding hydrogens is 619 g/mol. The largest absolute Gasteiger partial charge is 0.471 e. The van der Waals surface area contributed by atoms with E-state index in [0.717, 1.165) is 17.5 Å². The topological polar surface area (TPSA) is 118 Å². The molecule has 0 radical (unpaired) electrons. The van der Waals surface area contributed by atoms with E-state index in [-0.39, 0.29) is 44.1 Å². The van der Waals surface area contributed by atoms with Gasteiger partial charge in [-0.25, -0.2) is 0 Å². The van der Waals surface area contributed by atoms with Gasteiger partial charge in [0.05, 0.1) is 18.8 Å². The van der Waals surface area contributed by atoms with Gasteiger partial charge in [0.1, 0.15) is 17.7 Å². The number of benzene rings is 2. The molecule has 0 aliphatic carbocycles. The van der Waals surface area contributed by atoms with Crippen molar-refractivity contribution in [1.82, 2.24) is 9.80 Å². The second kappa shape index (κ2) is 14.3. The molecule has 2 amide bonds. The number of ether oxygens (including phenoxy) is 3. The zero-order chi connectivity index (χ0) is 33.9. The van der Waals surface area contributed by atoms with E-state index in [1.54, 1.807) is 24.3 Å². The number of hydrogen-bond acceptors (Lipinski definition) is 8. The standard InChI is InChI=1S/C34H42F3N3O7/c1-33(2,3)47-30(43)27-10-5-15-39(27)19-25-18-28(22-13-11-21(20-41)12-14-22)46-31(45-25)23-7-4-8-24(17-23)38-29(42)26-9-6-16-40(26)32(44)34(35,36)37/h4,7-8,11-14,17,25-28,31,41H,5-6,9-10,15-16,18-20H2,1-3H3,(H,38,42)/t25-,26-,27-,28+,31+/m0/s1. The van der Waals surface area contributed by atoms with Crippen molar-refractivity contribution in [3.63, 3.8) is 0 Å². The van der Waals surface area contributed by atoms with Crippen molar-refractivity contribution in [1.29, 1.82) is 0 Å². The van der Waals surface area contributed by atoms with Crippen LogP contribution in [-0.4, -0.2) is 82.3 Å². The van der Waals surface area contributed by atoms with Gasteiger partial charge >= 0.3 is 18.1 Å². The van der Waals surface area contributed by atoms with E-state index in [2.05, 4.69) is 10.2 Å². The highest BCUT2D eigenvalue weighted by Gasteiger charge is 2.48. The minimum atomic E-state index is -5.06. The Bertz CT molecular complexity index is 1430. The van der Waals surface area contributed by atoms with Crippen LogP contribution in [0.4, 0.5) is 18.9 Å². The van der Waals surface area contributed by atoms with Crippen LogP contribution in [0.15, 0.2) is 48.5 Å². The summed E-state index contributed by atoms with van der Waals surface area (Å²) < 4.78 is 57.9. The molecule has 2 aromatic rings. The quantitative estimate of drug-likeness (QED) is 0.379. The molecule has 3 fully saturated rings. The maximum Gasteiger partial charge on any atom is 0.471 e. The number of likely N-dealkylation sites (tertiary alicyclic amines) is 2. The van der Waals surface area contributed by atoms with Gasteiger partial charge in [0.2, 0.25) is 5.91 Å². The fraction of sp³-hybridized carbons (Fsp3) is 0.559. The average molecular weight is 662 g/mol. The Kier molecular flexibility index (Phi) is 10.6. The third kappa shape index (κ3) is 8.69. The van der Waals surface area contributed by atoms with Gasteiger partial charge in [-0.3, -0.25) is 19.3 Å². The van der Waals surface area contributed by atoms with Gasteiger partial charge in [0, 0.05) is 30.8 Å². The Hall–Kier alpha value is -3.52. The molecule has 0 bridgehead atoms. The predicted molar refractivity (Wildman–Crippen MR) is 165 cm³/mol. The number of halogens is 3. The third-order valence-corrected chi connectivity index (χ3v) is 8.58. The Balaban J connectivity index is 1.34. The molecule has 0 aromatic heterocycles. The van der Waals surface area contributed by atoms with Crippen molar-refractivity contribution in [3.05, 3.63) is 65.2 Å². The van der Waals surface area contributed by atoms with E-state index in [4.69, 9.17) is 14.2 Å². The molecular formula is C34H42F3N3O7. The Morgan fingerprint density at radius 1 is 0.957 bits per heavy atom. The number of carbonyl (C=O) groups excluding carboxylic acids is 3. The van der Waals surface area contributed by atoms with Crippen LogP contribution in [0, 0.1) is 0 Å². The highest BCUT2D eigenvalue weighted by atomic mass is 19.4. The SMILES string of the molecule is CC(C)(C)OC(=O)[C@@H]1CCCN1C[C@@H]1C[C@H](c2ccc(CO)cc2)O[C@H](c2cccc(NC(=O)[C@@H]3CCCN3C(=O)C(F)(F)F)c2)O1. The van der Waals surface area contributed by atoms with Crippen molar-refractivity contribution in [2.75, 3.05) is 25.0 Å². The Morgan fingerprint density at radius 2 is 1.66 bits per heavy atom. The zero-order valence-electron chi connectivity index (χ0n) is 26.8. The lowest BCUT2D eigenvalue weighted by Crippen LogP contribution is -2.48. The van der Waals surface area contributed by atoms with Gasteiger partial charge in [-0.2, -0.15) is 13.2 Å². The van der Waals surface area contributed by atoms with Crippen molar-refractivity contribution in [2.24, 2.45) is 0 Å². The molecule has 0 unspecified atom stereocenters. The number of aliphatic hydroxyl groups is 1. The Labute approximate surface area is 272 Å². The van der Waals surface area contributed by atoms with E-state index in [0.29, 0.717) is 42.1 Å². The first-order valence-corrected chi connectivity index (χ1v) is 16.0. The lowest BCUT2D eigenvalue weighted by molar-refractivity contribution is -0.253. The minimum absolute atomic E-state index is 0.0946. The highest BCUT2D eigenvalue weighted by molar-refractivity contribution is 5.98. The van der Waals surface area contributed by atoms with Gasteiger partial charge in [-0.05, 0) is 76.3 Å². The second-order valence-electron chi connectivity index (χ2n) is 13.3. The number of aliphatic hydroxyl groups excluding tert-OH is 1. The summed E-state index contributed by atoms with van der Waals surface area (Å²) in [6, 6.07) is 12.5. The summed E-state index contributed by atoms with van der Waals surface area (Å²) in [5, 5.41) is 12.2. The molecule has 5 rings (SSSR count). The summed E-state index contributed by atoms with van der Waals surface area (Å²) in [4.78, 5) is 40.6. The average Bonchev–Trinajstić information content (AvgIpc) is 3.70. The molecule has 2 aromatic carbocycles. The van der Waals surface area contributed by atoms with Crippen molar-refractivity contribution >= 4 is 23.5 Å². The van der Waals surface area contributed by atoms with Crippen LogP contribution < -0.4 is 5.32 Å². The molecule has 47 heavy (non-hydrogen) atoms. The summed E-state index contributed by atoms with van der Waals surface area (Å²) >= 11 is 0. The van der Waals surface area contributed by atoms with Crippen molar-refractivity contribution in [2.45, 2.75) is 102 Å². The Morgan fingerprint density at radius 3 is 2.34 bits per heavy atom. The molecule has 3 aliphatic rings. The van der Waals surface area contributed by atoms with E-state index in [9.17, 15) is 32.7 Å². The molecule has 10 nitrogen and oxygen atoms in total. The molecule has 3 aliphatic heterocycles. The van der Waals surface area contributed by atoms with Crippen LogP contribution in [0.1, 0.15) is 82.0 Å². The first kappa shape index (κ1) is 34.8. The fourth-order valence-electron chi connectivity index (χ4n) is 6.41. The number of nitrogens with one attached hydrogen (secondary N) is 1. The summed E-state index contributed by atoms with van der Waals surface area (Å²) in [6.07, 6.45) is -4.24. The molecule has 5 atom stereocenters. The number of rotatable bonds is 8. The normalized spacial score (nSPS) is 25.5. The van der Waals surface area contributed by atoms with E-state index in [1.807, 2.05) is 45.0 Å². The zero-order valence-corrected chi connectivity index (χ0v) is 26.8. The van der Waals surface area contributed by atoms with Crippen LogP contribution in [0.3, 0.4) is 0 Å². The first-order valence-electron chi connectivity index (χ1n) is 16.0. The predicted octanol–water partition coefficient (Wildman–Crippen LogP) is 5.02. The van der Waals surface area contributed by atoms with Crippen LogP contribution in [-0.2, 0) is 35.2 Å². The molecule has 13 heteroatoms. The molecule has 256 valence electrons. The van der Waals surface area contributed by atoms with E-state index >= 15 is 0 Å². The summed E-state index contributed by atoms with van der Waals surface area (Å²) in [6.45, 7) is 6.44. The smallest absolute Gasteiger partial charge is 0.459 e. The van der Waals surface area contributed by atoms with Crippen LogP contribution in [0.2, 0.25) is 0 Å². The van der Waals surface area contributed by atoms with E-state index < -0.39 is 42.0 Å². The molecule has 3 saturated heterocycles.